The van der Waals surface area contributed by atoms with Gasteiger partial charge in [0.1, 0.15) is 0 Å². The first-order valence-electron chi connectivity index (χ1n) is 1.41. The van der Waals surface area contributed by atoms with Gasteiger partial charge < -0.3 is 0 Å². The molecular formula is C2H8Cl2Zn. The molecule has 0 atom stereocenters. The van der Waals surface area contributed by atoms with Gasteiger partial charge in [0.15, 0.2) is 0 Å². The zero-order valence-corrected chi connectivity index (χ0v) is 8.12. The van der Waals surface area contributed by atoms with Crippen LogP contribution in [0.15, 0.2) is 0 Å². The molecule has 32 valence electrons. The van der Waals surface area contributed by atoms with Crippen molar-refractivity contribution >= 4 is 24.8 Å². The van der Waals surface area contributed by atoms with E-state index in [0.29, 0.717) is 0 Å². The van der Waals surface area contributed by atoms with Gasteiger partial charge in [-0.2, -0.15) is 0 Å². The van der Waals surface area contributed by atoms with E-state index in [-0.39, 0.29) is 41.9 Å². The molecule has 0 aliphatic carbocycles. The summed E-state index contributed by atoms with van der Waals surface area (Å²) < 4.78 is 0. The topological polar surface area (TPSA) is 0 Å². The second-order valence-corrected chi connectivity index (χ2v) is 3.67. The second-order valence-electron chi connectivity index (χ2n) is 0.707. The van der Waals surface area contributed by atoms with Crippen LogP contribution in [0, 0.1) is 0 Å². The van der Waals surface area contributed by atoms with E-state index in [2.05, 4.69) is 11.0 Å². The average molecular weight is 168 g/mol. The van der Waals surface area contributed by atoms with Crippen LogP contribution in [0.1, 0.15) is 0 Å². The van der Waals surface area contributed by atoms with Crippen molar-refractivity contribution in [2.75, 3.05) is 0 Å². The maximum atomic E-state index is 2.31. The zero-order chi connectivity index (χ0) is 2.71. The van der Waals surface area contributed by atoms with Crippen LogP contribution in [-0.4, -0.2) is 0 Å². The molecule has 0 aromatic rings. The van der Waals surface area contributed by atoms with Crippen LogP contribution >= 0.6 is 24.8 Å². The fourth-order valence-corrected chi connectivity index (χ4v) is 0. The van der Waals surface area contributed by atoms with Gasteiger partial charge in [-0.05, 0) is 0 Å². The number of hydrogen-bond acceptors (Lipinski definition) is 0. The van der Waals surface area contributed by atoms with Crippen molar-refractivity contribution in [3.05, 3.63) is 0 Å². The summed E-state index contributed by atoms with van der Waals surface area (Å²) in [6.07, 6.45) is 0. The monoisotopic (exact) mass is 166 g/mol. The average Bonchev–Trinajstić information content (AvgIpc) is 0.918. The predicted molar refractivity (Wildman–Crippen MR) is 26.2 cm³/mol. The minimum absolute atomic E-state index is 0. The second kappa shape index (κ2) is 18.9. The molecule has 0 saturated heterocycles. The van der Waals surface area contributed by atoms with E-state index < -0.39 is 0 Å². The fourth-order valence-electron chi connectivity index (χ4n) is 0. The molecule has 0 unspecified atom stereocenters. The van der Waals surface area contributed by atoms with Crippen molar-refractivity contribution in [1.82, 2.24) is 0 Å². The van der Waals surface area contributed by atoms with Crippen molar-refractivity contribution in [2.24, 2.45) is 0 Å². The van der Waals surface area contributed by atoms with Crippen LogP contribution in [0.3, 0.4) is 0 Å². The maximum absolute atomic E-state index is 2.31. The Bertz CT molecular complexity index is 7.61. The molecule has 0 rings (SSSR count). The molecule has 0 aliphatic heterocycles. The molecule has 3 heteroatoms. The van der Waals surface area contributed by atoms with E-state index in [1.54, 1.807) is 0 Å². The van der Waals surface area contributed by atoms with E-state index in [9.17, 15) is 0 Å². The first-order valence-corrected chi connectivity index (χ1v) is 7.35. The van der Waals surface area contributed by atoms with Crippen LogP contribution in [-0.2, 0) is 17.1 Å². The summed E-state index contributed by atoms with van der Waals surface area (Å²) in [6.45, 7) is 0. The van der Waals surface area contributed by atoms with Gasteiger partial charge >= 0.3 is 28.2 Å². The summed E-state index contributed by atoms with van der Waals surface area (Å²) in [5, 5.41) is 0. The van der Waals surface area contributed by atoms with Gasteiger partial charge in [0.2, 0.25) is 0 Å². The molecule has 0 bridgehead atoms. The third kappa shape index (κ3) is 36.9. The first-order chi connectivity index (χ1) is 1.41. The SMILES string of the molecule is Cl.Cl.[CH3][Zn][CH3]. The Morgan fingerprint density at radius 2 is 1.00 bits per heavy atom. The molecule has 5 heavy (non-hydrogen) atoms. The van der Waals surface area contributed by atoms with Gasteiger partial charge in [-0.25, -0.2) is 0 Å². The summed E-state index contributed by atoms with van der Waals surface area (Å²) in [5.41, 5.74) is 4.62. The van der Waals surface area contributed by atoms with Crippen molar-refractivity contribution in [2.45, 2.75) is 11.0 Å². The van der Waals surface area contributed by atoms with E-state index in [1.807, 2.05) is 0 Å². The first kappa shape index (κ1) is 16.4. The molecule has 0 nitrogen and oxygen atoms in total. The van der Waals surface area contributed by atoms with Crippen LogP contribution in [0.2, 0.25) is 11.0 Å². The molecule has 0 aromatic heterocycles. The molecule has 0 heterocycles. The fraction of sp³-hybridized carbons (Fsp3) is 1.00. The Balaban J connectivity index is -0.0000000200. The van der Waals surface area contributed by atoms with Crippen LogP contribution < -0.4 is 0 Å². The summed E-state index contributed by atoms with van der Waals surface area (Å²) in [7, 11) is 0. The van der Waals surface area contributed by atoms with Crippen molar-refractivity contribution in [3.63, 3.8) is 0 Å². The van der Waals surface area contributed by atoms with Gasteiger partial charge in [0, 0.05) is 0 Å². The molecule has 0 radical (unpaired) electrons. The number of hydrogen-bond donors (Lipinski definition) is 0. The van der Waals surface area contributed by atoms with Gasteiger partial charge in [0.25, 0.3) is 0 Å². The molecule has 0 aromatic carbocycles. The molecule has 0 fully saturated rings. The van der Waals surface area contributed by atoms with Gasteiger partial charge in [0.05, 0.1) is 0 Å². The van der Waals surface area contributed by atoms with E-state index in [4.69, 9.17) is 0 Å². The standard InChI is InChI=1S/2CH3.2ClH.Zn/h2*1H3;2*1H;. The number of halogens is 2. The summed E-state index contributed by atoms with van der Waals surface area (Å²) >= 11 is 0.125. The zero-order valence-electron chi connectivity index (χ0n) is 3.52. The third-order valence-electron chi connectivity index (χ3n) is 0. The van der Waals surface area contributed by atoms with Crippen LogP contribution in [0.4, 0.5) is 0 Å². The molecule has 0 N–H and O–H groups in total. The number of rotatable bonds is 0. The quantitative estimate of drug-likeness (QED) is 0.485. The Hall–Kier alpha value is 1.20. The molecule has 0 spiro atoms. The Morgan fingerprint density at radius 3 is 1.00 bits per heavy atom. The van der Waals surface area contributed by atoms with E-state index in [0.717, 1.165) is 0 Å². The Labute approximate surface area is 53.1 Å². The van der Waals surface area contributed by atoms with E-state index >= 15 is 0 Å². The third-order valence-corrected chi connectivity index (χ3v) is 0. The molecule has 0 amide bonds. The normalized spacial score (nSPS) is 2.00. The molecular weight excluding hydrogens is 160 g/mol. The minimum atomic E-state index is 0. The van der Waals surface area contributed by atoms with Gasteiger partial charge in [-0.15, -0.1) is 24.8 Å². The molecule has 0 saturated carbocycles. The van der Waals surface area contributed by atoms with E-state index in [1.165, 1.54) is 0 Å². The van der Waals surface area contributed by atoms with Crippen LogP contribution in [0.25, 0.3) is 0 Å². The Morgan fingerprint density at radius 1 is 1.00 bits per heavy atom. The molecule has 0 aliphatic rings. The summed E-state index contributed by atoms with van der Waals surface area (Å²) in [6, 6.07) is 0. The van der Waals surface area contributed by atoms with Crippen molar-refractivity contribution in [3.8, 4) is 0 Å². The van der Waals surface area contributed by atoms with Crippen LogP contribution in [0.5, 0.6) is 0 Å². The summed E-state index contributed by atoms with van der Waals surface area (Å²) in [5.74, 6) is 0. The Kier molecular flexibility index (Phi) is 62.0. The van der Waals surface area contributed by atoms with Crippen molar-refractivity contribution in [1.29, 1.82) is 0 Å². The van der Waals surface area contributed by atoms with Gasteiger partial charge in [-0.3, -0.25) is 0 Å². The summed E-state index contributed by atoms with van der Waals surface area (Å²) in [4.78, 5) is 0. The predicted octanol–water partition coefficient (Wildman–Crippen LogP) is 2.01. The van der Waals surface area contributed by atoms with Crippen molar-refractivity contribution < 1.29 is 17.1 Å². The van der Waals surface area contributed by atoms with Gasteiger partial charge in [-0.1, -0.05) is 0 Å².